The summed E-state index contributed by atoms with van der Waals surface area (Å²) in [6, 6.07) is 1.81. The lowest BCUT2D eigenvalue weighted by Crippen LogP contribution is -2.00. The Balaban J connectivity index is 2.53. The molecule has 0 saturated carbocycles. The second-order valence-corrected chi connectivity index (χ2v) is 3.62. The van der Waals surface area contributed by atoms with Gasteiger partial charge in [-0.2, -0.15) is 0 Å². The van der Waals surface area contributed by atoms with Crippen LogP contribution < -0.4 is 5.32 Å². The summed E-state index contributed by atoms with van der Waals surface area (Å²) in [7, 11) is 3.59. The number of aryl methyl sites for hydroxylation is 1. The van der Waals surface area contributed by atoms with Crippen LogP contribution in [0.5, 0.6) is 0 Å². The van der Waals surface area contributed by atoms with Gasteiger partial charge in [0, 0.05) is 20.3 Å². The van der Waals surface area contributed by atoms with Crippen LogP contribution in [0.1, 0.15) is 0 Å². The molecule has 0 fully saturated rings. The summed E-state index contributed by atoms with van der Waals surface area (Å²) in [5.74, 6) is 0.570. The maximum atomic E-state index is 4.30. The Labute approximate surface area is 94.9 Å². The molecule has 0 spiro atoms. The lowest BCUT2D eigenvalue weighted by atomic mass is 10.3. The van der Waals surface area contributed by atoms with Crippen molar-refractivity contribution in [3.8, 4) is 11.4 Å². The fourth-order valence-corrected chi connectivity index (χ4v) is 1.75. The van der Waals surface area contributed by atoms with Gasteiger partial charge in [-0.25, -0.2) is 14.6 Å². The average Bonchev–Trinajstić information content (AvgIpc) is 2.59. The molecule has 2 rings (SSSR count). The van der Waals surface area contributed by atoms with E-state index in [0.29, 0.717) is 10.6 Å². The first-order chi connectivity index (χ1) is 7.22. The summed E-state index contributed by atoms with van der Waals surface area (Å²) in [6.07, 6.45) is 1.69. The van der Waals surface area contributed by atoms with Crippen LogP contribution in [0.3, 0.4) is 0 Å². The summed E-state index contributed by atoms with van der Waals surface area (Å²) in [5.41, 5.74) is 1.60. The second-order valence-electron chi connectivity index (χ2n) is 2.87. The fourth-order valence-electron chi connectivity index (χ4n) is 1.21. The summed E-state index contributed by atoms with van der Waals surface area (Å²) < 4.78 is 2.33. The molecular weight excluding hydrogens is 260 g/mol. The van der Waals surface area contributed by atoms with Gasteiger partial charge < -0.3 is 5.32 Å². The van der Waals surface area contributed by atoms with E-state index >= 15 is 0 Å². The fraction of sp³-hybridized carbons (Fsp3) is 0.250. The third-order valence-corrected chi connectivity index (χ3v) is 2.44. The van der Waals surface area contributed by atoms with Crippen molar-refractivity contribution >= 4 is 21.9 Å². The topological polar surface area (TPSA) is 68.5 Å². The number of nitrogens with zero attached hydrogens (tertiary/aromatic N) is 5. The molecule has 0 aliphatic rings. The molecule has 1 N–H and O–H groups in total. The molecule has 0 aliphatic carbocycles. The number of hydrogen-bond acceptors (Lipinski definition) is 5. The number of hydrogen-bond donors (Lipinski definition) is 1. The molecule has 0 aromatic carbocycles. The first-order valence-electron chi connectivity index (χ1n) is 4.28. The largest absolute Gasteiger partial charge is 0.357 e. The average molecular weight is 269 g/mol. The van der Waals surface area contributed by atoms with Gasteiger partial charge in [0.1, 0.15) is 5.69 Å². The predicted octanol–water partition coefficient (Wildman–Crippen LogP) is 1.08. The molecule has 0 saturated heterocycles. The van der Waals surface area contributed by atoms with Gasteiger partial charge in [0.2, 0.25) is 5.95 Å². The van der Waals surface area contributed by atoms with Crippen LogP contribution in [-0.4, -0.2) is 32.0 Å². The lowest BCUT2D eigenvalue weighted by molar-refractivity contribution is 0.718. The monoisotopic (exact) mass is 268 g/mol. The van der Waals surface area contributed by atoms with Crippen molar-refractivity contribution in [2.24, 2.45) is 7.05 Å². The number of rotatable bonds is 2. The van der Waals surface area contributed by atoms with Crippen LogP contribution >= 0.6 is 15.9 Å². The van der Waals surface area contributed by atoms with E-state index < -0.39 is 0 Å². The van der Waals surface area contributed by atoms with Gasteiger partial charge in [0.05, 0.1) is 5.69 Å². The SMILES string of the molecule is CNc1nccc(-c2c(Br)nnn2C)n1. The number of nitrogens with one attached hydrogen (secondary N) is 1. The maximum absolute atomic E-state index is 4.30. The van der Waals surface area contributed by atoms with Crippen LogP contribution in [0.4, 0.5) is 5.95 Å². The van der Waals surface area contributed by atoms with E-state index in [9.17, 15) is 0 Å². The Hall–Kier alpha value is -1.50. The smallest absolute Gasteiger partial charge is 0.222 e. The van der Waals surface area contributed by atoms with Crippen molar-refractivity contribution in [1.82, 2.24) is 25.0 Å². The van der Waals surface area contributed by atoms with Crippen LogP contribution in [0, 0.1) is 0 Å². The highest BCUT2D eigenvalue weighted by atomic mass is 79.9. The van der Waals surface area contributed by atoms with Crippen LogP contribution in [0.25, 0.3) is 11.4 Å². The van der Waals surface area contributed by atoms with E-state index in [1.165, 1.54) is 0 Å². The van der Waals surface area contributed by atoms with E-state index in [1.54, 1.807) is 17.9 Å². The number of halogens is 1. The summed E-state index contributed by atoms with van der Waals surface area (Å²) >= 11 is 3.33. The Bertz CT molecular complexity index is 460. The molecule has 0 aliphatic heterocycles. The standard InChI is InChI=1S/C8H9BrN6/c1-10-8-11-4-3-5(12-8)6-7(9)13-14-15(6)2/h3-4H,1-2H3,(H,10,11,12). The summed E-state index contributed by atoms with van der Waals surface area (Å²) in [4.78, 5) is 8.34. The van der Waals surface area contributed by atoms with E-state index in [0.717, 1.165) is 11.4 Å². The molecule has 0 bridgehead atoms. The third kappa shape index (κ3) is 1.82. The number of aromatic nitrogens is 5. The second kappa shape index (κ2) is 3.93. The van der Waals surface area contributed by atoms with Gasteiger partial charge in [-0.05, 0) is 22.0 Å². The van der Waals surface area contributed by atoms with E-state index in [4.69, 9.17) is 0 Å². The van der Waals surface area contributed by atoms with Crippen molar-refractivity contribution in [2.75, 3.05) is 12.4 Å². The molecule has 2 aromatic heterocycles. The highest BCUT2D eigenvalue weighted by Crippen LogP contribution is 2.23. The zero-order chi connectivity index (χ0) is 10.8. The highest BCUT2D eigenvalue weighted by Gasteiger charge is 2.12. The molecule has 78 valence electrons. The summed E-state index contributed by atoms with van der Waals surface area (Å²) in [5, 5.41) is 10.7. The van der Waals surface area contributed by atoms with Crippen LogP contribution in [0.2, 0.25) is 0 Å². The molecule has 15 heavy (non-hydrogen) atoms. The molecule has 7 heteroatoms. The van der Waals surface area contributed by atoms with Gasteiger partial charge in [-0.3, -0.25) is 0 Å². The minimum absolute atomic E-state index is 0.570. The summed E-state index contributed by atoms with van der Waals surface area (Å²) in [6.45, 7) is 0. The molecule has 0 atom stereocenters. The van der Waals surface area contributed by atoms with Crippen LogP contribution in [0.15, 0.2) is 16.9 Å². The quantitative estimate of drug-likeness (QED) is 0.883. The predicted molar refractivity (Wildman–Crippen MR) is 59.3 cm³/mol. The first-order valence-corrected chi connectivity index (χ1v) is 5.08. The molecule has 0 radical (unpaired) electrons. The minimum atomic E-state index is 0.570. The van der Waals surface area contributed by atoms with Gasteiger partial charge >= 0.3 is 0 Å². The van der Waals surface area contributed by atoms with E-state index in [-0.39, 0.29) is 0 Å². The lowest BCUT2D eigenvalue weighted by Gasteiger charge is -2.02. The zero-order valence-corrected chi connectivity index (χ0v) is 9.85. The van der Waals surface area contributed by atoms with Gasteiger partial charge in [0.25, 0.3) is 0 Å². The van der Waals surface area contributed by atoms with Gasteiger partial charge in [0.15, 0.2) is 4.60 Å². The Morgan fingerprint density at radius 3 is 2.87 bits per heavy atom. The zero-order valence-electron chi connectivity index (χ0n) is 8.27. The van der Waals surface area contributed by atoms with E-state index in [2.05, 4.69) is 41.5 Å². The van der Waals surface area contributed by atoms with Crippen molar-refractivity contribution < 1.29 is 0 Å². The molecule has 2 aromatic rings. The Morgan fingerprint density at radius 1 is 1.47 bits per heavy atom. The molecule has 0 amide bonds. The Morgan fingerprint density at radius 2 is 2.27 bits per heavy atom. The van der Waals surface area contributed by atoms with E-state index in [1.807, 2.05) is 13.1 Å². The van der Waals surface area contributed by atoms with Gasteiger partial charge in [-0.15, -0.1) is 5.10 Å². The minimum Gasteiger partial charge on any atom is -0.357 e. The van der Waals surface area contributed by atoms with Crippen molar-refractivity contribution in [1.29, 1.82) is 0 Å². The first kappa shape index (κ1) is 10.0. The molecule has 0 unspecified atom stereocenters. The molecular formula is C8H9BrN6. The van der Waals surface area contributed by atoms with Gasteiger partial charge in [-0.1, -0.05) is 5.21 Å². The van der Waals surface area contributed by atoms with Crippen LogP contribution in [-0.2, 0) is 7.05 Å². The van der Waals surface area contributed by atoms with Crippen molar-refractivity contribution in [2.45, 2.75) is 0 Å². The number of anilines is 1. The third-order valence-electron chi connectivity index (χ3n) is 1.91. The highest BCUT2D eigenvalue weighted by molar-refractivity contribution is 9.10. The van der Waals surface area contributed by atoms with Crippen molar-refractivity contribution in [3.05, 3.63) is 16.9 Å². The van der Waals surface area contributed by atoms with Crippen molar-refractivity contribution in [3.63, 3.8) is 0 Å². The normalized spacial score (nSPS) is 10.3. The molecule has 6 nitrogen and oxygen atoms in total. The molecule has 2 heterocycles. The maximum Gasteiger partial charge on any atom is 0.222 e. The Kier molecular flexibility index (Phi) is 2.63.